The van der Waals surface area contributed by atoms with Gasteiger partial charge in [0.15, 0.2) is 5.82 Å². The van der Waals surface area contributed by atoms with Crippen LogP contribution in [0.3, 0.4) is 0 Å². The van der Waals surface area contributed by atoms with E-state index in [2.05, 4.69) is 25.2 Å². The minimum absolute atomic E-state index is 0.299. The highest BCUT2D eigenvalue weighted by Crippen LogP contribution is 2.05. The number of carbonyl (C=O) groups is 1. The summed E-state index contributed by atoms with van der Waals surface area (Å²) in [5.74, 6) is 0.00254. The fourth-order valence-electron chi connectivity index (χ4n) is 2.03. The van der Waals surface area contributed by atoms with E-state index >= 15 is 0 Å². The molecule has 0 spiro atoms. The molecule has 112 valence electrons. The van der Waals surface area contributed by atoms with Gasteiger partial charge in [-0.05, 0) is 19.1 Å². The quantitative estimate of drug-likeness (QED) is 0.648. The van der Waals surface area contributed by atoms with Crippen LogP contribution in [-0.4, -0.2) is 40.2 Å². The SMILES string of the molecule is CCOC(=O)c1c[nH]c(C=c2c(=O)[nH][nH]c2=C2N=CC=N2)c1. The van der Waals surface area contributed by atoms with Crippen LogP contribution in [0, 0.1) is 0 Å². The summed E-state index contributed by atoms with van der Waals surface area (Å²) in [6, 6.07) is 1.61. The Morgan fingerprint density at radius 3 is 2.82 bits per heavy atom. The van der Waals surface area contributed by atoms with Crippen LogP contribution >= 0.6 is 0 Å². The molecule has 0 saturated carbocycles. The van der Waals surface area contributed by atoms with Crippen LogP contribution in [0.15, 0.2) is 27.0 Å². The number of aliphatic imine (C=N–C) groups is 2. The molecule has 3 heterocycles. The van der Waals surface area contributed by atoms with E-state index in [-0.39, 0.29) is 5.56 Å². The summed E-state index contributed by atoms with van der Waals surface area (Å²) in [6.45, 7) is 2.04. The molecule has 3 rings (SSSR count). The van der Waals surface area contributed by atoms with Crippen molar-refractivity contribution < 1.29 is 9.53 Å². The van der Waals surface area contributed by atoms with Crippen molar-refractivity contribution >= 4 is 30.3 Å². The van der Waals surface area contributed by atoms with E-state index in [9.17, 15) is 9.59 Å². The van der Waals surface area contributed by atoms with Gasteiger partial charge in [-0.1, -0.05) is 0 Å². The number of esters is 1. The Labute approximate surface area is 123 Å². The lowest BCUT2D eigenvalue weighted by atomic mass is 10.2. The zero-order chi connectivity index (χ0) is 15.5. The van der Waals surface area contributed by atoms with Crippen LogP contribution in [0.4, 0.5) is 0 Å². The van der Waals surface area contributed by atoms with Crippen molar-refractivity contribution in [2.45, 2.75) is 6.92 Å². The highest BCUT2D eigenvalue weighted by molar-refractivity contribution is 6.20. The number of rotatable bonds is 3. The van der Waals surface area contributed by atoms with Gasteiger partial charge in [0.1, 0.15) is 5.35 Å². The lowest BCUT2D eigenvalue weighted by molar-refractivity contribution is 0.0526. The fourth-order valence-corrected chi connectivity index (χ4v) is 2.03. The number of H-pyrrole nitrogens is 3. The molecule has 8 heteroatoms. The lowest BCUT2D eigenvalue weighted by Gasteiger charge is -1.96. The second-order valence-corrected chi connectivity index (χ2v) is 4.46. The molecule has 2 aromatic heterocycles. The molecular weight excluding hydrogens is 286 g/mol. The smallest absolute Gasteiger partial charge is 0.339 e. The zero-order valence-corrected chi connectivity index (χ0v) is 11.7. The summed E-state index contributed by atoms with van der Waals surface area (Å²) in [6.07, 6.45) is 6.23. The summed E-state index contributed by atoms with van der Waals surface area (Å²) in [7, 11) is 0. The fraction of sp³-hybridized carbons (Fsp3) is 0.143. The van der Waals surface area contributed by atoms with Crippen LogP contribution in [0.25, 0.3) is 11.9 Å². The van der Waals surface area contributed by atoms with Gasteiger partial charge in [-0.2, -0.15) is 0 Å². The van der Waals surface area contributed by atoms with Gasteiger partial charge in [-0.3, -0.25) is 15.0 Å². The molecule has 0 aliphatic carbocycles. The number of carbonyl (C=O) groups excluding carboxylic acids is 1. The van der Waals surface area contributed by atoms with Crippen molar-refractivity contribution in [2.24, 2.45) is 9.98 Å². The summed E-state index contributed by atoms with van der Waals surface area (Å²) < 4.78 is 4.92. The van der Waals surface area contributed by atoms with Gasteiger partial charge in [-0.25, -0.2) is 14.8 Å². The second kappa shape index (κ2) is 5.68. The Morgan fingerprint density at radius 1 is 1.32 bits per heavy atom. The summed E-state index contributed by atoms with van der Waals surface area (Å²) in [5.41, 5.74) is 0.694. The standard InChI is InChI=1S/C14H13N5O3/c1-2-22-14(21)8-5-9(17-7-8)6-10-11(18-19-13(10)20)12-15-3-4-16-12/h3-7,17-18H,2H2,1H3,(H,19,20). The van der Waals surface area contributed by atoms with Crippen LogP contribution in [-0.2, 0) is 4.74 Å². The molecule has 0 fully saturated rings. The molecule has 1 aliphatic heterocycles. The van der Waals surface area contributed by atoms with Crippen LogP contribution < -0.4 is 16.1 Å². The first-order valence-electron chi connectivity index (χ1n) is 6.64. The number of aromatic amines is 3. The van der Waals surface area contributed by atoms with E-state index in [1.165, 1.54) is 18.6 Å². The monoisotopic (exact) mass is 299 g/mol. The minimum Gasteiger partial charge on any atom is -0.462 e. The molecule has 0 saturated heterocycles. The number of aromatic nitrogens is 3. The maximum Gasteiger partial charge on any atom is 0.339 e. The van der Waals surface area contributed by atoms with E-state index < -0.39 is 5.97 Å². The van der Waals surface area contributed by atoms with Crippen molar-refractivity contribution in [2.75, 3.05) is 6.61 Å². The maximum absolute atomic E-state index is 11.9. The Kier molecular flexibility index (Phi) is 3.57. The third-order valence-electron chi connectivity index (χ3n) is 3.02. The number of nitrogens with one attached hydrogen (secondary N) is 3. The van der Waals surface area contributed by atoms with Gasteiger partial charge >= 0.3 is 5.97 Å². The topological polar surface area (TPSA) is 115 Å². The van der Waals surface area contributed by atoms with Crippen LogP contribution in [0.2, 0.25) is 0 Å². The summed E-state index contributed by atoms with van der Waals surface area (Å²) in [4.78, 5) is 34.6. The molecule has 0 amide bonds. The van der Waals surface area contributed by atoms with E-state index in [0.717, 1.165) is 0 Å². The summed E-state index contributed by atoms with van der Waals surface area (Å²) in [5, 5.41) is 6.11. The van der Waals surface area contributed by atoms with E-state index in [1.807, 2.05) is 0 Å². The van der Waals surface area contributed by atoms with Crippen molar-refractivity contribution in [1.82, 2.24) is 15.2 Å². The van der Waals surface area contributed by atoms with Crippen LogP contribution in [0.5, 0.6) is 0 Å². The van der Waals surface area contributed by atoms with Crippen molar-refractivity contribution in [3.63, 3.8) is 0 Å². The molecule has 0 atom stereocenters. The van der Waals surface area contributed by atoms with Gasteiger partial charge in [0, 0.05) is 24.3 Å². The number of ether oxygens (including phenoxy) is 1. The number of nitrogens with zero attached hydrogens (tertiary/aromatic N) is 2. The van der Waals surface area contributed by atoms with Gasteiger partial charge in [0.2, 0.25) is 0 Å². The number of hydrogen-bond acceptors (Lipinski definition) is 5. The molecule has 2 aromatic rings. The highest BCUT2D eigenvalue weighted by Gasteiger charge is 2.09. The minimum atomic E-state index is -0.416. The largest absolute Gasteiger partial charge is 0.462 e. The summed E-state index contributed by atoms with van der Waals surface area (Å²) >= 11 is 0. The Bertz CT molecular complexity index is 928. The Balaban J connectivity index is 2.08. The molecule has 1 aliphatic rings. The predicted octanol–water partition coefficient (Wildman–Crippen LogP) is -0.742. The lowest BCUT2D eigenvalue weighted by Crippen LogP contribution is -2.34. The molecular formula is C14H13N5O3. The molecule has 22 heavy (non-hydrogen) atoms. The average molecular weight is 299 g/mol. The molecule has 0 aromatic carbocycles. The maximum atomic E-state index is 11.9. The highest BCUT2D eigenvalue weighted by atomic mass is 16.5. The Hall–Kier alpha value is -3.16. The van der Waals surface area contributed by atoms with Gasteiger partial charge < -0.3 is 9.72 Å². The van der Waals surface area contributed by atoms with Gasteiger partial charge in [0.25, 0.3) is 5.56 Å². The van der Waals surface area contributed by atoms with Gasteiger partial charge in [0.05, 0.1) is 17.4 Å². The molecule has 0 radical (unpaired) electrons. The molecule has 0 unspecified atom stereocenters. The first-order valence-corrected chi connectivity index (χ1v) is 6.64. The van der Waals surface area contributed by atoms with Crippen LogP contribution in [0.1, 0.15) is 23.0 Å². The Morgan fingerprint density at radius 2 is 2.09 bits per heavy atom. The average Bonchev–Trinajstić information content (AvgIpc) is 3.22. The third kappa shape index (κ3) is 2.53. The van der Waals surface area contributed by atoms with E-state index in [4.69, 9.17) is 4.74 Å². The van der Waals surface area contributed by atoms with Crippen molar-refractivity contribution in [1.29, 1.82) is 0 Å². The van der Waals surface area contributed by atoms with Crippen molar-refractivity contribution in [3.05, 3.63) is 44.4 Å². The normalized spacial score (nSPS) is 14.0. The second-order valence-electron chi connectivity index (χ2n) is 4.46. The number of hydrogen-bond donors (Lipinski definition) is 3. The first-order chi connectivity index (χ1) is 10.7. The van der Waals surface area contributed by atoms with Gasteiger partial charge in [-0.15, -0.1) is 0 Å². The van der Waals surface area contributed by atoms with Crippen molar-refractivity contribution in [3.8, 4) is 0 Å². The third-order valence-corrected chi connectivity index (χ3v) is 3.02. The first kappa shape index (κ1) is 13.8. The van der Waals surface area contributed by atoms with E-state index in [1.54, 1.807) is 19.1 Å². The zero-order valence-electron chi connectivity index (χ0n) is 11.7. The molecule has 0 bridgehead atoms. The molecule has 8 nitrogen and oxygen atoms in total. The van der Waals surface area contributed by atoms with E-state index in [0.29, 0.717) is 34.3 Å². The molecule has 3 N–H and O–H groups in total. The predicted molar refractivity (Wildman–Crippen MR) is 81.4 cm³/mol.